The van der Waals surface area contributed by atoms with E-state index in [1.54, 1.807) is 12.4 Å². The summed E-state index contributed by atoms with van der Waals surface area (Å²) in [7, 11) is 0. The Labute approximate surface area is 201 Å². The van der Waals surface area contributed by atoms with Crippen molar-refractivity contribution in [3.63, 3.8) is 0 Å². The first kappa shape index (κ1) is 20.7. The standard InChI is InChI=1S/C26H18Br2N4/c27-19-13-29-21-9-1-5-17-6-2-10-22(25(17)21)30-15-20(28)16-32-24-12-4-8-18-7-3-11-23(26(18)24)31-14-19/h1-16,29-30H. The summed E-state index contributed by atoms with van der Waals surface area (Å²) in [4.78, 5) is 16.3. The van der Waals surface area contributed by atoms with Gasteiger partial charge in [0.25, 0.3) is 0 Å². The lowest BCUT2D eigenvalue weighted by atomic mass is 10.1. The molecule has 0 aliphatic carbocycles. The Balaban J connectivity index is 1.93. The zero-order valence-electron chi connectivity index (χ0n) is 16.9. The highest BCUT2D eigenvalue weighted by atomic mass is 79.9. The predicted octanol–water partition coefficient (Wildman–Crippen LogP) is 8.08. The van der Waals surface area contributed by atoms with E-state index in [2.05, 4.69) is 78.2 Å². The zero-order chi connectivity index (χ0) is 21.9. The van der Waals surface area contributed by atoms with Gasteiger partial charge in [-0.05, 0) is 66.9 Å². The molecule has 4 aromatic carbocycles. The molecular weight excluding hydrogens is 528 g/mol. The highest BCUT2D eigenvalue weighted by Gasteiger charge is 2.01. The molecule has 6 heteroatoms. The molecule has 0 saturated heterocycles. The molecule has 0 unspecified atom stereocenters. The van der Waals surface area contributed by atoms with E-state index < -0.39 is 0 Å². The normalized spacial score (nSPS) is 10.8. The average molecular weight is 546 g/mol. The van der Waals surface area contributed by atoms with Crippen LogP contribution in [0.4, 0.5) is 0 Å². The second-order valence-electron chi connectivity index (χ2n) is 7.23. The van der Waals surface area contributed by atoms with E-state index >= 15 is 0 Å². The topological polar surface area (TPSA) is 57.4 Å². The molecule has 5 rings (SSSR count). The molecule has 0 bridgehead atoms. The maximum atomic E-state index is 4.74. The number of nitrogens with one attached hydrogen (secondary N) is 2. The van der Waals surface area contributed by atoms with Crippen molar-refractivity contribution in [3.05, 3.63) is 107 Å². The van der Waals surface area contributed by atoms with Crippen LogP contribution in [0.1, 0.15) is 0 Å². The SMILES string of the molecule is Brc1cnc2cccc3cccc(ncc(Br)c[nH]c4cccc5cccc([nH]c1)c54)c32. The molecule has 0 radical (unpaired) electrons. The highest BCUT2D eigenvalue weighted by Crippen LogP contribution is 2.23. The molecule has 0 aliphatic heterocycles. The van der Waals surface area contributed by atoms with E-state index in [1.165, 1.54) is 0 Å². The molecular formula is C26H18Br2N4. The molecule has 0 saturated carbocycles. The Morgan fingerprint density at radius 2 is 0.969 bits per heavy atom. The number of halogens is 2. The molecule has 156 valence electrons. The van der Waals surface area contributed by atoms with Gasteiger partial charge in [-0.1, -0.05) is 48.5 Å². The van der Waals surface area contributed by atoms with Gasteiger partial charge in [0.2, 0.25) is 0 Å². The van der Waals surface area contributed by atoms with Crippen LogP contribution >= 0.6 is 31.9 Å². The number of H-pyrrole nitrogens is 2. The van der Waals surface area contributed by atoms with Crippen molar-refractivity contribution >= 4 is 75.5 Å². The molecule has 0 fully saturated rings. The number of nitrogens with zero attached hydrogens (tertiary/aromatic N) is 2. The predicted molar refractivity (Wildman–Crippen MR) is 140 cm³/mol. The minimum absolute atomic E-state index is 0.827. The number of hydrogen-bond donors (Lipinski definition) is 2. The summed E-state index contributed by atoms with van der Waals surface area (Å²) in [6.45, 7) is 0. The second-order valence-corrected chi connectivity index (χ2v) is 9.06. The van der Waals surface area contributed by atoms with Crippen LogP contribution in [0.25, 0.3) is 43.6 Å². The van der Waals surface area contributed by atoms with Crippen LogP contribution in [0.3, 0.4) is 0 Å². The minimum atomic E-state index is 0.827. The Bertz CT molecular complexity index is 1390. The highest BCUT2D eigenvalue weighted by molar-refractivity contribution is 9.10. The van der Waals surface area contributed by atoms with E-state index in [-0.39, 0.29) is 0 Å². The maximum absolute atomic E-state index is 4.74. The first-order valence-corrected chi connectivity index (χ1v) is 11.6. The first-order valence-electron chi connectivity index (χ1n) is 10.0. The number of benzene rings is 4. The summed E-state index contributed by atoms with van der Waals surface area (Å²) in [5, 5.41) is 4.33. The van der Waals surface area contributed by atoms with Gasteiger partial charge >= 0.3 is 0 Å². The van der Waals surface area contributed by atoms with Crippen molar-refractivity contribution in [3.8, 4) is 0 Å². The lowest BCUT2D eigenvalue weighted by Gasteiger charge is -2.02. The molecule has 0 atom stereocenters. The van der Waals surface area contributed by atoms with Gasteiger partial charge in [0.05, 0.1) is 20.0 Å². The summed E-state index contributed by atoms with van der Waals surface area (Å²) in [5.74, 6) is 0. The van der Waals surface area contributed by atoms with Crippen LogP contribution in [0.2, 0.25) is 0 Å². The molecule has 0 amide bonds. The monoisotopic (exact) mass is 544 g/mol. The van der Waals surface area contributed by atoms with Gasteiger partial charge in [-0.3, -0.25) is 9.97 Å². The van der Waals surface area contributed by atoms with Crippen molar-refractivity contribution in [2.45, 2.75) is 0 Å². The van der Waals surface area contributed by atoms with E-state index in [9.17, 15) is 0 Å². The molecule has 32 heavy (non-hydrogen) atoms. The van der Waals surface area contributed by atoms with E-state index in [0.717, 1.165) is 52.6 Å². The largest absolute Gasteiger partial charge is 0.360 e. The first-order chi connectivity index (χ1) is 15.7. The molecule has 1 heterocycles. The summed E-state index contributed by atoms with van der Waals surface area (Å²) >= 11 is 7.23. The quantitative estimate of drug-likeness (QED) is 0.206. The molecule has 0 spiro atoms. The molecule has 5 aromatic rings. The minimum Gasteiger partial charge on any atom is -0.360 e. The van der Waals surface area contributed by atoms with Crippen molar-refractivity contribution in [2.24, 2.45) is 0 Å². The molecule has 0 aliphatic rings. The summed E-state index contributed by atoms with van der Waals surface area (Å²) in [6, 6.07) is 24.5. The van der Waals surface area contributed by atoms with Gasteiger partial charge in [0.15, 0.2) is 0 Å². The van der Waals surface area contributed by atoms with E-state index in [1.807, 2.05) is 48.8 Å². The van der Waals surface area contributed by atoms with Crippen LogP contribution in [-0.4, -0.2) is 19.9 Å². The third-order valence-electron chi connectivity index (χ3n) is 5.15. The van der Waals surface area contributed by atoms with Gasteiger partial charge in [-0.25, -0.2) is 0 Å². The van der Waals surface area contributed by atoms with Crippen molar-refractivity contribution in [1.82, 2.24) is 19.9 Å². The Kier molecular flexibility index (Phi) is 5.88. The summed E-state index contributed by atoms with van der Waals surface area (Å²) in [6.07, 6.45) is 7.40. The fraction of sp³-hybridized carbons (Fsp3) is 0. The Morgan fingerprint density at radius 3 is 1.47 bits per heavy atom. The van der Waals surface area contributed by atoms with Gasteiger partial charge in [0.1, 0.15) is 0 Å². The second kappa shape index (κ2) is 9.10. The summed E-state index contributed by atoms with van der Waals surface area (Å²) in [5.41, 5.74) is 3.71. The van der Waals surface area contributed by atoms with Crippen LogP contribution in [0.5, 0.6) is 0 Å². The molecule has 1 aromatic heterocycles. The van der Waals surface area contributed by atoms with E-state index in [4.69, 9.17) is 9.97 Å². The molecule has 4 nitrogen and oxygen atoms in total. The third-order valence-corrected chi connectivity index (χ3v) is 6.02. The number of aromatic nitrogens is 4. The van der Waals surface area contributed by atoms with Crippen LogP contribution in [-0.2, 0) is 0 Å². The lowest BCUT2D eigenvalue weighted by Crippen LogP contribution is -1.82. The van der Waals surface area contributed by atoms with Crippen molar-refractivity contribution in [1.29, 1.82) is 0 Å². The average Bonchev–Trinajstić information content (AvgIpc) is 2.82. The Morgan fingerprint density at radius 1 is 0.531 bits per heavy atom. The number of rotatable bonds is 0. The van der Waals surface area contributed by atoms with Gasteiger partial charge in [0, 0.05) is 46.6 Å². The van der Waals surface area contributed by atoms with Crippen LogP contribution < -0.4 is 0 Å². The number of aromatic amines is 2. The van der Waals surface area contributed by atoms with Gasteiger partial charge in [-0.2, -0.15) is 0 Å². The van der Waals surface area contributed by atoms with Crippen molar-refractivity contribution < 1.29 is 0 Å². The van der Waals surface area contributed by atoms with Crippen LogP contribution in [0.15, 0.2) is 107 Å². The van der Waals surface area contributed by atoms with Gasteiger partial charge in [-0.15, -0.1) is 0 Å². The zero-order valence-corrected chi connectivity index (χ0v) is 20.1. The van der Waals surface area contributed by atoms with Gasteiger partial charge < -0.3 is 9.97 Å². The van der Waals surface area contributed by atoms with Crippen LogP contribution in [0, 0.1) is 0 Å². The Hall–Kier alpha value is -3.22. The number of hydrogen-bond acceptors (Lipinski definition) is 2. The lowest BCUT2D eigenvalue weighted by molar-refractivity contribution is 1.34. The van der Waals surface area contributed by atoms with Crippen molar-refractivity contribution in [2.75, 3.05) is 0 Å². The summed E-state index contributed by atoms with van der Waals surface area (Å²) < 4.78 is 1.65. The fourth-order valence-corrected chi connectivity index (χ4v) is 4.16. The third kappa shape index (κ3) is 4.24. The molecule has 2 N–H and O–H groups in total. The fourth-order valence-electron chi connectivity index (χ4n) is 3.73. The smallest absolute Gasteiger partial charge is 0.0730 e. The maximum Gasteiger partial charge on any atom is 0.0730 e. The van der Waals surface area contributed by atoms with E-state index in [0.29, 0.717) is 0 Å².